The van der Waals surface area contributed by atoms with Gasteiger partial charge < -0.3 is 9.64 Å². The fourth-order valence-corrected chi connectivity index (χ4v) is 3.18. The summed E-state index contributed by atoms with van der Waals surface area (Å²) in [4.78, 5) is 10.3. The molecule has 0 atom stereocenters. The zero-order chi connectivity index (χ0) is 16.0. The summed E-state index contributed by atoms with van der Waals surface area (Å²) < 4.78 is 30.0. The molecule has 1 aromatic heterocycles. The maximum atomic E-state index is 12.3. The van der Waals surface area contributed by atoms with E-state index in [1.54, 1.807) is 24.4 Å². The number of nitrogens with zero attached hydrogens (tertiary/aromatic N) is 3. The van der Waals surface area contributed by atoms with Crippen LogP contribution in [-0.4, -0.2) is 62.9 Å². The van der Waals surface area contributed by atoms with Gasteiger partial charge in [0.25, 0.3) is 0 Å². The van der Waals surface area contributed by atoms with E-state index >= 15 is 0 Å². The Bertz CT molecular complexity index is 717. The van der Waals surface area contributed by atoms with Gasteiger partial charge in [-0.3, -0.25) is 0 Å². The van der Waals surface area contributed by atoms with E-state index in [0.717, 1.165) is 23.9 Å². The van der Waals surface area contributed by atoms with Crippen LogP contribution in [0, 0.1) is 0 Å². The minimum Gasteiger partial charge on any atom is -0.380 e. The van der Waals surface area contributed by atoms with Crippen molar-refractivity contribution < 1.29 is 13.2 Å². The monoisotopic (exact) mass is 323 g/mol. The van der Waals surface area contributed by atoms with Crippen molar-refractivity contribution in [1.82, 2.24) is 14.9 Å². The molecule has 6 nitrogen and oxygen atoms in total. The lowest BCUT2D eigenvalue weighted by atomic mass is 10.2. The summed E-state index contributed by atoms with van der Waals surface area (Å²) in [6, 6.07) is 4.88. The second kappa shape index (κ2) is 7.62. The van der Waals surface area contributed by atoms with E-state index in [0.29, 0.717) is 6.61 Å². The Balaban J connectivity index is 1.91. The predicted octanol–water partition coefficient (Wildman–Crippen LogP) is 1.37. The fraction of sp³-hybridized carbons (Fsp3) is 0.467. The Morgan fingerprint density at radius 1 is 1.23 bits per heavy atom. The SMILES string of the molecule is CN(C)CCCOCCS(=O)(=O)c1ccc2ncncc2c1. The first-order chi connectivity index (χ1) is 10.5. The Hall–Kier alpha value is -1.57. The average molecular weight is 323 g/mol. The van der Waals surface area contributed by atoms with Crippen LogP contribution >= 0.6 is 0 Å². The molecule has 2 rings (SSSR count). The third-order valence-corrected chi connectivity index (χ3v) is 4.90. The summed E-state index contributed by atoms with van der Waals surface area (Å²) in [5, 5.41) is 0.718. The lowest BCUT2D eigenvalue weighted by Crippen LogP contribution is -2.17. The van der Waals surface area contributed by atoms with Crippen molar-refractivity contribution in [3.05, 3.63) is 30.7 Å². The molecular formula is C15H21N3O3S. The summed E-state index contributed by atoms with van der Waals surface area (Å²) in [7, 11) is 0.642. The van der Waals surface area contributed by atoms with Gasteiger partial charge in [0.05, 0.1) is 22.8 Å². The third kappa shape index (κ3) is 4.72. The minimum atomic E-state index is -3.35. The van der Waals surface area contributed by atoms with Crippen LogP contribution in [0.25, 0.3) is 10.9 Å². The highest BCUT2D eigenvalue weighted by Gasteiger charge is 2.15. The number of benzene rings is 1. The summed E-state index contributed by atoms with van der Waals surface area (Å²) in [6.45, 7) is 1.70. The molecule has 0 unspecified atom stereocenters. The minimum absolute atomic E-state index is 0.0197. The largest absolute Gasteiger partial charge is 0.380 e. The lowest BCUT2D eigenvalue weighted by molar-refractivity contribution is 0.139. The number of sulfone groups is 1. The van der Waals surface area contributed by atoms with Gasteiger partial charge in [0.2, 0.25) is 0 Å². The van der Waals surface area contributed by atoms with E-state index in [1.165, 1.54) is 6.33 Å². The fourth-order valence-electron chi connectivity index (χ4n) is 2.03. The first-order valence-corrected chi connectivity index (χ1v) is 8.79. The van der Waals surface area contributed by atoms with Gasteiger partial charge >= 0.3 is 0 Å². The molecule has 2 aromatic rings. The first kappa shape index (κ1) is 16.8. The summed E-state index contributed by atoms with van der Waals surface area (Å²) in [5.41, 5.74) is 0.730. The first-order valence-electron chi connectivity index (χ1n) is 7.14. The van der Waals surface area contributed by atoms with Crippen LogP contribution in [-0.2, 0) is 14.6 Å². The molecule has 0 amide bonds. The van der Waals surface area contributed by atoms with Gasteiger partial charge in [-0.25, -0.2) is 18.4 Å². The molecule has 120 valence electrons. The highest BCUT2D eigenvalue weighted by molar-refractivity contribution is 7.91. The van der Waals surface area contributed by atoms with Gasteiger partial charge in [0, 0.05) is 18.2 Å². The third-order valence-electron chi connectivity index (χ3n) is 3.23. The van der Waals surface area contributed by atoms with Crippen LogP contribution in [0.1, 0.15) is 6.42 Å². The highest BCUT2D eigenvalue weighted by Crippen LogP contribution is 2.17. The molecule has 0 fully saturated rings. The number of ether oxygens (including phenoxy) is 1. The van der Waals surface area contributed by atoms with E-state index in [1.807, 2.05) is 14.1 Å². The molecule has 0 saturated carbocycles. The van der Waals surface area contributed by atoms with E-state index in [4.69, 9.17) is 4.74 Å². The van der Waals surface area contributed by atoms with Gasteiger partial charge in [-0.1, -0.05) is 0 Å². The number of fused-ring (bicyclic) bond motifs is 1. The molecule has 0 spiro atoms. The van der Waals surface area contributed by atoms with E-state index in [-0.39, 0.29) is 17.3 Å². The standard InChI is InChI=1S/C15H21N3O3S/c1-18(2)6-3-7-21-8-9-22(19,20)14-4-5-15-13(10-14)11-16-12-17-15/h4-5,10-12H,3,6-9H2,1-2H3. The van der Waals surface area contributed by atoms with Gasteiger partial charge in [0.1, 0.15) is 6.33 Å². The van der Waals surface area contributed by atoms with E-state index < -0.39 is 9.84 Å². The Labute approximate surface area is 131 Å². The molecule has 0 aliphatic carbocycles. The van der Waals surface area contributed by atoms with Crippen LogP contribution in [0.15, 0.2) is 35.6 Å². The quantitative estimate of drug-likeness (QED) is 0.683. The zero-order valence-corrected chi connectivity index (χ0v) is 13.7. The van der Waals surface area contributed by atoms with E-state index in [9.17, 15) is 8.42 Å². The van der Waals surface area contributed by atoms with Gasteiger partial charge in [-0.05, 0) is 45.3 Å². The lowest BCUT2D eigenvalue weighted by Gasteiger charge is -2.10. The second-order valence-corrected chi connectivity index (χ2v) is 7.44. The van der Waals surface area contributed by atoms with Gasteiger partial charge in [-0.2, -0.15) is 0 Å². The number of aromatic nitrogens is 2. The maximum absolute atomic E-state index is 12.3. The summed E-state index contributed by atoms with van der Waals surface area (Å²) in [6.07, 6.45) is 3.94. The van der Waals surface area contributed by atoms with Crippen molar-refractivity contribution >= 4 is 20.7 Å². The average Bonchev–Trinajstić information content (AvgIpc) is 2.50. The Morgan fingerprint density at radius 2 is 2.05 bits per heavy atom. The molecule has 1 heterocycles. The number of hydrogen-bond donors (Lipinski definition) is 0. The number of hydrogen-bond acceptors (Lipinski definition) is 6. The van der Waals surface area contributed by atoms with Crippen molar-refractivity contribution in [2.45, 2.75) is 11.3 Å². The molecule has 22 heavy (non-hydrogen) atoms. The molecule has 7 heteroatoms. The van der Waals surface area contributed by atoms with E-state index in [2.05, 4.69) is 14.9 Å². The van der Waals surface area contributed by atoms with Crippen LogP contribution < -0.4 is 0 Å². The smallest absolute Gasteiger partial charge is 0.180 e. The van der Waals surface area contributed by atoms with Crippen LogP contribution in [0.2, 0.25) is 0 Å². The molecule has 0 aliphatic rings. The Morgan fingerprint density at radius 3 is 2.82 bits per heavy atom. The normalized spacial score (nSPS) is 12.1. The molecular weight excluding hydrogens is 302 g/mol. The summed E-state index contributed by atoms with van der Waals surface area (Å²) in [5.74, 6) is -0.0197. The predicted molar refractivity (Wildman–Crippen MR) is 85.6 cm³/mol. The Kier molecular flexibility index (Phi) is 5.82. The van der Waals surface area contributed by atoms with Crippen molar-refractivity contribution in [3.63, 3.8) is 0 Å². The molecule has 0 saturated heterocycles. The number of rotatable bonds is 8. The topological polar surface area (TPSA) is 72.4 Å². The molecule has 0 N–H and O–H groups in total. The molecule has 0 bridgehead atoms. The van der Waals surface area contributed by atoms with Crippen molar-refractivity contribution in [2.24, 2.45) is 0 Å². The van der Waals surface area contributed by atoms with Gasteiger partial charge in [0.15, 0.2) is 9.84 Å². The van der Waals surface area contributed by atoms with Crippen LogP contribution in [0.5, 0.6) is 0 Å². The van der Waals surface area contributed by atoms with Gasteiger partial charge in [-0.15, -0.1) is 0 Å². The summed E-state index contributed by atoms with van der Waals surface area (Å²) >= 11 is 0. The molecule has 0 aliphatic heterocycles. The maximum Gasteiger partial charge on any atom is 0.180 e. The van der Waals surface area contributed by atoms with Crippen LogP contribution in [0.4, 0.5) is 0 Å². The second-order valence-electron chi connectivity index (χ2n) is 5.33. The van der Waals surface area contributed by atoms with Crippen molar-refractivity contribution in [3.8, 4) is 0 Å². The van der Waals surface area contributed by atoms with Crippen molar-refractivity contribution in [1.29, 1.82) is 0 Å². The van der Waals surface area contributed by atoms with Crippen LogP contribution in [0.3, 0.4) is 0 Å². The molecule has 0 radical (unpaired) electrons. The molecule has 1 aromatic carbocycles. The van der Waals surface area contributed by atoms with Crippen molar-refractivity contribution in [2.75, 3.05) is 39.6 Å². The highest BCUT2D eigenvalue weighted by atomic mass is 32.2. The zero-order valence-electron chi connectivity index (χ0n) is 12.9.